The number of nitrogens with one attached hydrogen (secondary N) is 3. The molecule has 1 amide bonds. The SMILES string of the molecule is C[C@H]1[C@@H](OS(=O)(=O)NC[C@H]2O[C@@H](n3cnc4c(NC(=O)c5ccccc5)ncnc43)C[C@@H]2O)[C@H](n2cnc3c(=O)[nH]cnc32)O[C@@H]1CO. The summed E-state index contributed by atoms with van der Waals surface area (Å²) in [7, 11) is -4.48. The van der Waals surface area contributed by atoms with Crippen LogP contribution >= 0.6 is 0 Å². The molecule has 20 heteroatoms. The van der Waals surface area contributed by atoms with Crippen LogP contribution in [0.25, 0.3) is 22.3 Å². The van der Waals surface area contributed by atoms with Crippen molar-refractivity contribution in [2.24, 2.45) is 5.92 Å². The van der Waals surface area contributed by atoms with E-state index in [1.54, 1.807) is 41.8 Å². The van der Waals surface area contributed by atoms with Crippen molar-refractivity contribution >= 4 is 44.4 Å². The van der Waals surface area contributed by atoms with E-state index in [2.05, 4.69) is 39.9 Å². The van der Waals surface area contributed by atoms with Crippen LogP contribution in [-0.2, 0) is 24.0 Å². The minimum Gasteiger partial charge on any atom is -0.394 e. The van der Waals surface area contributed by atoms with Crippen LogP contribution < -0.4 is 15.6 Å². The Morgan fingerprint density at radius 1 is 1.04 bits per heavy atom. The maximum absolute atomic E-state index is 13.2. The van der Waals surface area contributed by atoms with E-state index in [4.69, 9.17) is 13.7 Å². The van der Waals surface area contributed by atoms with Gasteiger partial charge in [0, 0.05) is 24.4 Å². The van der Waals surface area contributed by atoms with E-state index in [1.165, 1.54) is 29.9 Å². The van der Waals surface area contributed by atoms with E-state index in [1.807, 2.05) is 0 Å². The topological polar surface area (TPSA) is 251 Å². The van der Waals surface area contributed by atoms with Gasteiger partial charge in [-0.1, -0.05) is 25.1 Å². The number of nitrogens with zero attached hydrogens (tertiary/aromatic N) is 7. The third-order valence-corrected chi connectivity index (χ3v) is 9.36. The first-order chi connectivity index (χ1) is 23.1. The van der Waals surface area contributed by atoms with Crippen molar-refractivity contribution in [3.8, 4) is 0 Å². The van der Waals surface area contributed by atoms with Crippen molar-refractivity contribution in [3.63, 3.8) is 0 Å². The van der Waals surface area contributed by atoms with Crippen molar-refractivity contribution in [2.45, 2.75) is 50.2 Å². The summed E-state index contributed by atoms with van der Waals surface area (Å²) in [6.45, 7) is 0.900. The first-order valence-electron chi connectivity index (χ1n) is 14.9. The average Bonchev–Trinajstić information content (AvgIpc) is 3.86. The van der Waals surface area contributed by atoms with Crippen LogP contribution in [0.15, 0.2) is 60.4 Å². The van der Waals surface area contributed by atoms with Crippen molar-refractivity contribution in [1.82, 2.24) is 43.8 Å². The van der Waals surface area contributed by atoms with E-state index < -0.39 is 65.3 Å². The highest BCUT2D eigenvalue weighted by molar-refractivity contribution is 7.84. The second-order valence-corrected chi connectivity index (χ2v) is 12.7. The number of anilines is 1. The Morgan fingerprint density at radius 3 is 2.58 bits per heavy atom. The summed E-state index contributed by atoms with van der Waals surface area (Å²) in [6.07, 6.45) is -0.582. The van der Waals surface area contributed by atoms with Gasteiger partial charge in [0.05, 0.1) is 43.9 Å². The maximum atomic E-state index is 13.2. The number of aliphatic hydroxyl groups is 2. The van der Waals surface area contributed by atoms with Gasteiger partial charge in [0.25, 0.3) is 11.5 Å². The molecule has 5 aromatic rings. The number of rotatable bonds is 10. The Balaban J connectivity index is 1.03. The molecule has 2 aliphatic rings. The molecule has 0 radical (unpaired) electrons. The number of amides is 1. The number of ether oxygens (including phenoxy) is 2. The molecule has 252 valence electrons. The van der Waals surface area contributed by atoms with E-state index in [-0.39, 0.29) is 35.9 Å². The summed E-state index contributed by atoms with van der Waals surface area (Å²) < 4.78 is 49.1. The Kier molecular flexibility index (Phi) is 8.45. The Bertz CT molecular complexity index is 2120. The molecule has 4 aromatic heterocycles. The minimum absolute atomic E-state index is 0.0214. The zero-order chi connectivity index (χ0) is 33.6. The van der Waals surface area contributed by atoms with Crippen molar-refractivity contribution in [2.75, 3.05) is 18.5 Å². The number of fused-ring (bicyclic) bond motifs is 2. The van der Waals surface area contributed by atoms with Gasteiger partial charge in [0.15, 0.2) is 34.4 Å². The summed E-state index contributed by atoms with van der Waals surface area (Å²) in [4.78, 5) is 48.2. The van der Waals surface area contributed by atoms with Gasteiger partial charge >= 0.3 is 10.3 Å². The number of imidazole rings is 2. The minimum atomic E-state index is -4.48. The fourth-order valence-corrected chi connectivity index (χ4v) is 6.83. The van der Waals surface area contributed by atoms with Crippen molar-refractivity contribution in [1.29, 1.82) is 0 Å². The van der Waals surface area contributed by atoms with E-state index in [0.717, 1.165) is 0 Å². The molecule has 0 aliphatic carbocycles. The lowest BCUT2D eigenvalue weighted by atomic mass is 10.0. The van der Waals surface area contributed by atoms with Gasteiger partial charge in [0.1, 0.15) is 18.7 Å². The molecule has 5 N–H and O–H groups in total. The first-order valence-corrected chi connectivity index (χ1v) is 16.3. The van der Waals surface area contributed by atoms with Crippen LogP contribution in [0.1, 0.15) is 36.2 Å². The van der Waals surface area contributed by atoms with E-state index in [0.29, 0.717) is 16.7 Å². The third kappa shape index (κ3) is 5.94. The highest BCUT2D eigenvalue weighted by atomic mass is 32.2. The standard InChI is InChI=1S/C28H30N10O9S/c1-14-18(9-39)46-28(38-13-34-21-25(38)31-11-32-27(21)42)22(14)47-48(43,44)35-8-17-16(40)7-19(45-17)37-12-33-20-23(29-10-30-24(20)37)36-26(41)15-5-3-2-4-6-15/h2-6,10-14,16-19,22,28,35,39-40H,7-9H2,1H3,(H,31,32,42)(H,29,30,36,41)/t14-,16+,17-,18-,19-,22-,28-/m1/s1. The van der Waals surface area contributed by atoms with Gasteiger partial charge in [-0.3, -0.25) is 18.7 Å². The van der Waals surface area contributed by atoms with Gasteiger partial charge < -0.3 is 30.0 Å². The Labute approximate surface area is 271 Å². The summed E-state index contributed by atoms with van der Waals surface area (Å²) in [5, 5.41) is 23.4. The highest BCUT2D eigenvalue weighted by Crippen LogP contribution is 2.38. The lowest BCUT2D eigenvalue weighted by Gasteiger charge is -2.23. The lowest BCUT2D eigenvalue weighted by Crippen LogP contribution is -2.41. The number of aromatic nitrogens is 8. The zero-order valence-corrected chi connectivity index (χ0v) is 26.0. The fourth-order valence-electron chi connectivity index (χ4n) is 5.83. The molecule has 7 atom stereocenters. The smallest absolute Gasteiger partial charge is 0.336 e. The average molecular weight is 683 g/mol. The third-order valence-electron chi connectivity index (χ3n) is 8.36. The Morgan fingerprint density at radius 2 is 1.79 bits per heavy atom. The largest absolute Gasteiger partial charge is 0.394 e. The molecule has 7 rings (SSSR count). The highest BCUT2D eigenvalue weighted by Gasteiger charge is 2.47. The number of benzene rings is 1. The fraction of sp³-hybridized carbons (Fsp3) is 0.393. The predicted molar refractivity (Wildman–Crippen MR) is 164 cm³/mol. The molecule has 0 bridgehead atoms. The van der Waals surface area contributed by atoms with Gasteiger partial charge in [-0.15, -0.1) is 0 Å². The number of carbonyl (C=O) groups is 1. The van der Waals surface area contributed by atoms with Gasteiger partial charge in [-0.25, -0.2) is 29.1 Å². The number of hydrogen-bond donors (Lipinski definition) is 5. The molecule has 0 spiro atoms. The molecular weight excluding hydrogens is 652 g/mol. The van der Waals surface area contributed by atoms with Crippen molar-refractivity contribution < 1.29 is 37.1 Å². The molecule has 2 saturated heterocycles. The summed E-state index contributed by atoms with van der Waals surface area (Å²) >= 11 is 0. The number of carbonyl (C=O) groups excluding carboxylic acids is 1. The summed E-state index contributed by atoms with van der Waals surface area (Å²) in [6, 6.07) is 8.59. The van der Waals surface area contributed by atoms with Gasteiger partial charge in [-0.05, 0) is 12.1 Å². The molecule has 1 aromatic carbocycles. The van der Waals surface area contributed by atoms with E-state index >= 15 is 0 Å². The molecule has 0 saturated carbocycles. The van der Waals surface area contributed by atoms with Gasteiger partial charge in [-0.2, -0.15) is 13.1 Å². The normalized spacial score (nSPS) is 26.0. The predicted octanol–water partition coefficient (Wildman–Crippen LogP) is -0.394. The second-order valence-electron chi connectivity index (χ2n) is 11.3. The van der Waals surface area contributed by atoms with Crippen LogP contribution in [0.5, 0.6) is 0 Å². The van der Waals surface area contributed by atoms with Crippen LogP contribution in [0.3, 0.4) is 0 Å². The Hall–Kier alpha value is -4.70. The van der Waals surface area contributed by atoms with E-state index in [9.17, 15) is 28.2 Å². The maximum Gasteiger partial charge on any atom is 0.336 e. The van der Waals surface area contributed by atoms with Gasteiger partial charge in [0.2, 0.25) is 0 Å². The zero-order valence-electron chi connectivity index (χ0n) is 25.1. The number of H-pyrrole nitrogens is 1. The van der Waals surface area contributed by atoms with Crippen LogP contribution in [-0.4, -0.2) is 101 Å². The lowest BCUT2D eigenvalue weighted by molar-refractivity contribution is -0.0444. The first kappa shape index (κ1) is 31.9. The summed E-state index contributed by atoms with van der Waals surface area (Å²) in [5.41, 5.74) is 0.737. The molecule has 6 heterocycles. The van der Waals surface area contributed by atoms with Crippen LogP contribution in [0.4, 0.5) is 5.82 Å². The summed E-state index contributed by atoms with van der Waals surface area (Å²) in [5.74, 6) is -0.798. The van der Waals surface area contributed by atoms with Crippen LogP contribution in [0.2, 0.25) is 0 Å². The number of hydrogen-bond acceptors (Lipinski definition) is 14. The quantitative estimate of drug-likeness (QED) is 0.126. The number of aliphatic hydroxyl groups excluding tert-OH is 2. The number of aromatic amines is 1. The monoisotopic (exact) mass is 682 g/mol. The molecular formula is C28H30N10O9S. The molecule has 0 unspecified atom stereocenters. The second kappa shape index (κ2) is 12.7. The molecule has 2 aliphatic heterocycles. The van der Waals surface area contributed by atoms with Crippen molar-refractivity contribution in [3.05, 3.63) is 71.6 Å². The molecule has 48 heavy (non-hydrogen) atoms. The molecule has 2 fully saturated rings. The van der Waals surface area contributed by atoms with Crippen LogP contribution in [0, 0.1) is 5.92 Å². The molecule has 19 nitrogen and oxygen atoms in total.